The number of hydrogen-bond donors (Lipinski definition) is 2. The van der Waals surface area contributed by atoms with Crippen molar-refractivity contribution >= 4 is 97.9 Å². The van der Waals surface area contributed by atoms with Crippen molar-refractivity contribution in [2.45, 2.75) is 216 Å². The first-order chi connectivity index (χ1) is 55.8. The van der Waals surface area contributed by atoms with Gasteiger partial charge in [-0.05, 0) is 25.7 Å². The van der Waals surface area contributed by atoms with E-state index >= 15 is 0 Å². The topological polar surface area (TPSA) is 731 Å². The Kier molecular flexibility index (Phi) is 66.3. The number of carbonyl (C=O) groups is 4. The quantitative estimate of drug-likeness (QED) is 0.0188. The van der Waals surface area contributed by atoms with Crippen LogP contribution in [0.4, 0.5) is 4.79 Å². The third kappa shape index (κ3) is 42.4. The summed E-state index contributed by atoms with van der Waals surface area (Å²) in [6, 6.07) is 0.0797. The summed E-state index contributed by atoms with van der Waals surface area (Å²) < 4.78 is 369. The molecule has 2 amide bonds. The number of methoxy groups -OCH3 is 7. The van der Waals surface area contributed by atoms with Crippen LogP contribution in [0.5, 0.6) is 0 Å². The third-order valence-electron chi connectivity index (χ3n) is 19.1. The number of unbranched alkanes of at least 4 members (excludes halogenated alkanes) is 1. The zero-order valence-corrected chi connectivity index (χ0v) is 94.0. The van der Waals surface area contributed by atoms with Gasteiger partial charge >= 0.3 is 242 Å². The molecule has 7 rings (SSSR count). The molecule has 0 aromatic carbocycles. The molecule has 0 aliphatic carbocycles. The number of ketones is 1. The van der Waals surface area contributed by atoms with Gasteiger partial charge in [-0.15, -0.1) is 0 Å². The summed E-state index contributed by atoms with van der Waals surface area (Å²) in [7, 11) is -29.4. The predicted octanol–water partition coefficient (Wildman–Crippen LogP) is -33.3. The van der Waals surface area contributed by atoms with Crippen LogP contribution in [0.1, 0.15) is 51.9 Å². The Balaban J connectivity index is 0. The fourth-order valence-electron chi connectivity index (χ4n) is 14.1. The van der Waals surface area contributed by atoms with E-state index in [-0.39, 0.29) is 300 Å². The molecule has 68 heteroatoms. The number of urea groups is 1. The summed E-state index contributed by atoms with van der Waals surface area (Å²) in [6.07, 6.45) is -48.4. The average Bonchev–Trinajstić information content (AvgIpc) is 1.20. The number of fused-ring (bicyclic) bond motifs is 1. The van der Waals surface area contributed by atoms with Gasteiger partial charge < -0.3 is 157 Å². The fourth-order valence-corrected chi connectivity index (χ4v) is 18.0. The molecule has 7 heterocycles. The molecule has 694 valence electrons. The number of amides is 2. The average molecular weight is 2050 g/mol. The Morgan fingerprint density at radius 1 is 0.441 bits per heavy atom. The van der Waals surface area contributed by atoms with Crippen LogP contribution in [0.25, 0.3) is 0 Å². The van der Waals surface area contributed by atoms with Crippen LogP contribution in [-0.2, 0) is 201 Å². The molecule has 0 aromatic heterocycles. The molecule has 7 aliphatic rings. The molecular weight excluding hydrogens is 1960 g/mol. The van der Waals surface area contributed by atoms with Crippen LogP contribution >= 0.6 is 11.8 Å². The monoisotopic (exact) mass is 2050 g/mol. The summed E-state index contributed by atoms with van der Waals surface area (Å²) in [5, 5.41) is 32.1. The normalized spacial score (nSPS) is 32.8. The van der Waals surface area contributed by atoms with Crippen molar-refractivity contribution in [3.63, 3.8) is 0 Å². The van der Waals surface area contributed by atoms with E-state index in [9.17, 15) is 107 Å². The number of carbonyl (C=O) groups excluding carboxylic acids is 4. The number of carboxylic acid groups (broad SMARTS) is 2. The molecule has 26 unspecified atom stereocenters. The van der Waals surface area contributed by atoms with Crippen molar-refractivity contribution in [3.8, 4) is 0 Å². The van der Waals surface area contributed by atoms with Crippen LogP contribution in [0.3, 0.4) is 0 Å². The largest absolute Gasteiger partial charge is 1.00 e. The van der Waals surface area contributed by atoms with Gasteiger partial charge in [0.25, 0.3) is 0 Å². The zero-order valence-electron chi connectivity index (χ0n) is 72.3. The summed E-state index contributed by atoms with van der Waals surface area (Å²) in [6.45, 7) is -5.64. The van der Waals surface area contributed by atoms with E-state index in [0.29, 0.717) is 31.1 Å². The maximum Gasteiger partial charge on any atom is 1.00 e. The summed E-state index contributed by atoms with van der Waals surface area (Å²) in [5.41, 5.74) is -3.11. The van der Waals surface area contributed by atoms with Gasteiger partial charge in [0, 0.05) is 80.2 Å². The molecule has 7 fully saturated rings. The van der Waals surface area contributed by atoms with Crippen molar-refractivity contribution in [1.29, 1.82) is 0 Å². The van der Waals surface area contributed by atoms with Gasteiger partial charge in [-0.2, -0.15) is 11.8 Å². The molecule has 2 N–H and O–H groups in total. The maximum absolute atomic E-state index is 13.9. The number of nitrogens with one attached hydrogen (secondary N) is 2. The molecule has 0 aromatic rings. The van der Waals surface area contributed by atoms with Crippen LogP contribution in [0.15, 0.2) is 0 Å². The van der Waals surface area contributed by atoms with Crippen molar-refractivity contribution in [2.24, 2.45) is 0 Å². The Bertz CT molecular complexity index is 3980. The summed E-state index contributed by atoms with van der Waals surface area (Å²) in [4.78, 5) is 50.1. The molecular formula is C59H92N2Na8O51S7. The van der Waals surface area contributed by atoms with E-state index in [1.54, 1.807) is 0 Å². The van der Waals surface area contributed by atoms with Crippen LogP contribution < -0.4 is 257 Å². The molecule has 0 spiro atoms. The summed E-state index contributed by atoms with van der Waals surface area (Å²) >= 11 is 1.81. The van der Waals surface area contributed by atoms with Gasteiger partial charge in [0.05, 0.1) is 96.7 Å². The number of carboxylic acids is 2. The van der Waals surface area contributed by atoms with Gasteiger partial charge in [0.1, 0.15) is 109 Å². The maximum atomic E-state index is 13.9. The third-order valence-corrected chi connectivity index (χ3v) is 23.3. The number of hydrogen-bond acceptors (Lipinski definition) is 52. The Morgan fingerprint density at radius 3 is 1.35 bits per heavy atom. The number of Topliss-reactive ketones (excluding diaryl/α,β-unsaturated/α-hetero) is 1. The molecule has 0 saturated carbocycles. The molecule has 7 saturated heterocycles. The van der Waals surface area contributed by atoms with E-state index in [4.69, 9.17) is 108 Å². The van der Waals surface area contributed by atoms with Crippen molar-refractivity contribution in [2.75, 3.05) is 135 Å². The molecule has 7 aliphatic heterocycles. The van der Waals surface area contributed by atoms with Gasteiger partial charge in [0.2, 0.25) is 62.4 Å². The summed E-state index contributed by atoms with van der Waals surface area (Å²) in [5.74, 6) is -3.33. The van der Waals surface area contributed by atoms with Crippen LogP contribution in [0, 0.1) is 0 Å². The Labute approximate surface area is 915 Å². The number of aliphatic carboxylic acids is 2. The minimum absolute atomic E-state index is 0. The smallest absolute Gasteiger partial charge is 0.726 e. The van der Waals surface area contributed by atoms with Crippen molar-refractivity contribution in [3.05, 3.63) is 0 Å². The van der Waals surface area contributed by atoms with E-state index in [1.807, 2.05) is 11.8 Å². The standard InChI is InChI=1S/C59H100N2O51S7.8Na/c1-9-59(57(65)66)51(108-54-46(90-6)42(87-3)39(32(104-54)24-99-114(68,69)70)96-22-21-95-20-19-94-18-17-93-16-12-14-29(62)13-10-11-15-35-37-30(28-113-35)60-58(67)61-37)45(89-5)47(91-7)56(109-59)107-41-34(26-101-116(74,75)76)105-55(50(112-119(83,84)85)44(41)110-117(77,78)79)103-31-23-98-53(48(38(31)86-2)97-27-36(63)64)106-40-33(25-100-115(71,72)73)102-52(92-8)49(43(40)88-4)111-118(80,81)82;;;;;;;;/h30-35,37-56H,9-28H2,1-8H3,(H,63,64)(H,65,66)(H2,60,61,67)(H,68,69,70)(H,71,72,73)(H,74,75,76)(H,77,78,79)(H,80,81,82)(H,83,84,85);;;;;;;;/q;8*+1/p-8/t30?,31?,32?,33?,34?,35?,37?,38?,39?,40?,41?,42?,43?,44?,45?,46?,47?,48-,49?,50?,51?,52?,53?,54?,55?,56?,59?;;;;;;;;/m1......../s1. The molecule has 0 radical (unpaired) electrons. The molecule has 0 bridgehead atoms. The van der Waals surface area contributed by atoms with E-state index < -0.39 is 261 Å². The second-order valence-corrected chi connectivity index (χ2v) is 34.0. The molecule has 27 atom stereocenters. The first-order valence-electron chi connectivity index (χ1n) is 35.7. The van der Waals surface area contributed by atoms with E-state index in [2.05, 4.69) is 27.4 Å². The van der Waals surface area contributed by atoms with Gasteiger partial charge in [0.15, 0.2) is 43.7 Å². The van der Waals surface area contributed by atoms with Crippen LogP contribution in [0.2, 0.25) is 0 Å². The number of ether oxygens (including phenoxy) is 21. The minimum atomic E-state index is -6.46. The predicted molar refractivity (Wildman–Crippen MR) is 366 cm³/mol. The van der Waals surface area contributed by atoms with Crippen molar-refractivity contribution in [1.82, 2.24) is 10.6 Å². The molecule has 53 nitrogen and oxygen atoms in total. The second-order valence-electron chi connectivity index (χ2n) is 26.5. The SMILES string of the molecule is CCC1(C(=O)[O-])OC(OC2C(COS(=O)(=O)[O-])OC(OC3COC(OC4C(COS(=O)(=O)[O-])OC(OC)C(OS(=O)(=O)[O-])C4OC)[C@H](OCC(=O)[O-])C3OC)C(OS(=O)(=O)[O-])C2OS(=O)(=O)[O-])C(OC)C(OC)C1OC1OC(COS(=O)(=O)[O-])C(OCCOCCOCCOCCCC(=O)CCCCC2SCC3NC(=O)NC32)C(OC)C1OC.[Na+].[Na+].[Na+].[Na+].[Na+].[Na+].[Na+].[Na+]. The first-order valence-corrected chi connectivity index (χ1v) is 44.8. The van der Waals surface area contributed by atoms with E-state index in [0.717, 1.165) is 81.7 Å². The number of thioether (sulfide) groups is 1. The van der Waals surface area contributed by atoms with E-state index in [1.165, 1.54) is 0 Å². The zero-order chi connectivity index (χ0) is 88.2. The van der Waals surface area contributed by atoms with Gasteiger partial charge in [-0.1, -0.05) is 13.3 Å². The Morgan fingerprint density at radius 2 is 0.874 bits per heavy atom. The Hall–Kier alpha value is 4.61. The minimum Gasteiger partial charge on any atom is -0.726 e. The number of rotatable bonds is 54. The van der Waals surface area contributed by atoms with Crippen molar-refractivity contribution < 1.29 is 468 Å². The fraction of sp³-hybridized carbons (Fsp3) is 0.932. The first kappa shape index (κ1) is 134. The second kappa shape index (κ2) is 63.0. The molecule has 127 heavy (non-hydrogen) atoms. The van der Waals surface area contributed by atoms with Gasteiger partial charge in [-0.3, -0.25) is 29.9 Å². The van der Waals surface area contributed by atoms with Gasteiger partial charge in [-0.25, -0.2) is 55.3 Å². The van der Waals surface area contributed by atoms with Crippen LogP contribution in [-0.4, -0.2) is 401 Å².